The van der Waals surface area contributed by atoms with E-state index in [1.165, 1.54) is 6.07 Å². The van der Waals surface area contributed by atoms with E-state index in [0.717, 1.165) is 19.4 Å². The summed E-state index contributed by atoms with van der Waals surface area (Å²) in [5.74, 6) is 0.192. The fourth-order valence-corrected chi connectivity index (χ4v) is 4.03. The molecule has 4 nitrogen and oxygen atoms in total. The van der Waals surface area contributed by atoms with Crippen LogP contribution in [-0.2, 0) is 6.54 Å². The summed E-state index contributed by atoms with van der Waals surface area (Å²) < 4.78 is 20.5. The Hall–Kier alpha value is -2.11. The quantitative estimate of drug-likeness (QED) is 0.872. The van der Waals surface area contributed by atoms with Gasteiger partial charge in [-0.2, -0.15) is 0 Å². The molecule has 2 aromatic rings. The maximum absolute atomic E-state index is 14.2. The molecule has 0 radical (unpaired) electrons. The lowest BCUT2D eigenvalue weighted by molar-refractivity contribution is -0.00734. The number of amides is 1. The predicted octanol–water partition coefficient (Wildman–Crippen LogP) is 3.64. The Bertz CT molecular complexity index is 824. The molecule has 136 valence electrons. The second-order valence-electron chi connectivity index (χ2n) is 6.98. The zero-order valence-electron chi connectivity index (χ0n) is 14.3. The van der Waals surface area contributed by atoms with Gasteiger partial charge in [-0.05, 0) is 43.7 Å². The van der Waals surface area contributed by atoms with Crippen LogP contribution >= 0.6 is 11.6 Å². The zero-order valence-corrected chi connectivity index (χ0v) is 15.1. The van der Waals surface area contributed by atoms with Crippen molar-refractivity contribution in [3.63, 3.8) is 0 Å². The van der Waals surface area contributed by atoms with Gasteiger partial charge in [0.25, 0.3) is 5.91 Å². The van der Waals surface area contributed by atoms with Gasteiger partial charge in [-0.25, -0.2) is 4.39 Å². The van der Waals surface area contributed by atoms with E-state index < -0.39 is 5.60 Å². The number of likely N-dealkylation sites (tertiary alicyclic amines) is 1. The molecule has 2 aromatic carbocycles. The second kappa shape index (κ2) is 6.89. The summed E-state index contributed by atoms with van der Waals surface area (Å²) in [4.78, 5) is 14.5. The predicted molar refractivity (Wildman–Crippen MR) is 98.1 cm³/mol. The molecule has 26 heavy (non-hydrogen) atoms. The maximum atomic E-state index is 14.2. The molecule has 0 aromatic heterocycles. The number of benzene rings is 2. The number of carbonyl (C=O) groups is 1. The lowest BCUT2D eigenvalue weighted by Crippen LogP contribution is -2.56. The Morgan fingerprint density at radius 2 is 2.08 bits per heavy atom. The number of nitrogens with zero attached hydrogens (tertiary/aromatic N) is 1. The number of carbonyl (C=O) groups excluding carboxylic acids is 1. The first-order valence-electron chi connectivity index (χ1n) is 8.78. The minimum Gasteiger partial charge on any atom is -0.483 e. The molecule has 0 saturated carbocycles. The lowest BCUT2D eigenvalue weighted by Gasteiger charge is -2.42. The SMILES string of the molecule is O=C1NC[C@@]2(CCCN(Cc3c(F)cccc3Cl)C2)Oc2ccccc21. The third-order valence-electron chi connectivity index (χ3n) is 5.09. The van der Waals surface area contributed by atoms with Crippen molar-refractivity contribution in [2.75, 3.05) is 19.6 Å². The number of ether oxygens (including phenoxy) is 1. The third-order valence-corrected chi connectivity index (χ3v) is 5.45. The zero-order chi connectivity index (χ0) is 18.1. The van der Waals surface area contributed by atoms with E-state index in [2.05, 4.69) is 10.2 Å². The van der Waals surface area contributed by atoms with Crippen LogP contribution in [0.1, 0.15) is 28.8 Å². The van der Waals surface area contributed by atoms with Crippen molar-refractivity contribution in [2.24, 2.45) is 0 Å². The number of para-hydroxylation sites is 1. The minimum atomic E-state index is -0.516. The van der Waals surface area contributed by atoms with Gasteiger partial charge in [-0.3, -0.25) is 9.69 Å². The van der Waals surface area contributed by atoms with Gasteiger partial charge in [0.05, 0.1) is 12.1 Å². The molecule has 1 saturated heterocycles. The number of fused-ring (bicyclic) bond motifs is 1. The fraction of sp³-hybridized carbons (Fsp3) is 0.350. The summed E-state index contributed by atoms with van der Waals surface area (Å²) in [5, 5.41) is 3.41. The van der Waals surface area contributed by atoms with E-state index in [4.69, 9.17) is 16.3 Å². The van der Waals surface area contributed by atoms with Crippen molar-refractivity contribution < 1.29 is 13.9 Å². The Balaban J connectivity index is 1.57. The molecule has 2 heterocycles. The molecule has 4 rings (SSSR count). The van der Waals surface area contributed by atoms with Gasteiger partial charge in [0, 0.05) is 23.7 Å². The van der Waals surface area contributed by atoms with E-state index in [1.54, 1.807) is 18.2 Å². The van der Waals surface area contributed by atoms with Crippen molar-refractivity contribution in [3.05, 3.63) is 64.4 Å². The number of hydrogen-bond donors (Lipinski definition) is 1. The molecule has 6 heteroatoms. The summed E-state index contributed by atoms with van der Waals surface area (Å²) >= 11 is 6.18. The van der Waals surface area contributed by atoms with E-state index in [9.17, 15) is 9.18 Å². The monoisotopic (exact) mass is 374 g/mol. The molecule has 1 amide bonds. The first kappa shape index (κ1) is 17.3. The van der Waals surface area contributed by atoms with Crippen LogP contribution in [0.5, 0.6) is 5.75 Å². The van der Waals surface area contributed by atoms with E-state index in [1.807, 2.05) is 18.2 Å². The van der Waals surface area contributed by atoms with Gasteiger partial charge in [-0.15, -0.1) is 0 Å². The average Bonchev–Trinajstić information content (AvgIpc) is 2.76. The number of nitrogens with one attached hydrogen (secondary N) is 1. The molecule has 0 aliphatic carbocycles. The van der Waals surface area contributed by atoms with Gasteiger partial charge < -0.3 is 10.1 Å². The van der Waals surface area contributed by atoms with Crippen LogP contribution in [0.2, 0.25) is 5.02 Å². The summed E-state index contributed by atoms with van der Waals surface area (Å²) in [5.41, 5.74) is 0.543. The fourth-order valence-electron chi connectivity index (χ4n) is 3.81. The topological polar surface area (TPSA) is 41.6 Å². The van der Waals surface area contributed by atoms with Crippen LogP contribution in [0.4, 0.5) is 4.39 Å². The first-order chi connectivity index (χ1) is 12.6. The highest BCUT2D eigenvalue weighted by molar-refractivity contribution is 6.31. The highest BCUT2D eigenvalue weighted by Gasteiger charge is 2.40. The second-order valence-corrected chi connectivity index (χ2v) is 7.39. The number of halogens is 2. The van der Waals surface area contributed by atoms with Crippen LogP contribution in [0.25, 0.3) is 0 Å². The number of rotatable bonds is 2. The standard InChI is InChI=1S/C20H20ClFN2O2/c21-16-6-3-7-17(22)15(16)11-24-10-4-9-20(13-24)12-23-19(25)14-5-1-2-8-18(14)26-20/h1-3,5-8H,4,9-13H2,(H,23,25)/t20-/m1/s1. The van der Waals surface area contributed by atoms with Crippen LogP contribution in [0, 0.1) is 5.82 Å². The molecule has 0 bridgehead atoms. The molecular weight excluding hydrogens is 355 g/mol. The summed E-state index contributed by atoms with van der Waals surface area (Å²) in [6.07, 6.45) is 1.74. The van der Waals surface area contributed by atoms with Crippen molar-refractivity contribution in [1.29, 1.82) is 0 Å². The average molecular weight is 375 g/mol. The third kappa shape index (κ3) is 3.29. The smallest absolute Gasteiger partial charge is 0.255 e. The Labute approximate surface area is 156 Å². The van der Waals surface area contributed by atoms with Crippen molar-refractivity contribution in [2.45, 2.75) is 25.0 Å². The van der Waals surface area contributed by atoms with Gasteiger partial charge in [0.1, 0.15) is 17.2 Å². The van der Waals surface area contributed by atoms with E-state index >= 15 is 0 Å². The van der Waals surface area contributed by atoms with Gasteiger partial charge in [0.15, 0.2) is 0 Å². The Kier molecular flexibility index (Phi) is 4.59. The van der Waals surface area contributed by atoms with Gasteiger partial charge >= 0.3 is 0 Å². The van der Waals surface area contributed by atoms with E-state index in [-0.39, 0.29) is 11.7 Å². The molecule has 1 spiro atoms. The molecule has 1 atom stereocenters. The van der Waals surface area contributed by atoms with E-state index in [0.29, 0.717) is 41.5 Å². The molecule has 2 aliphatic heterocycles. The van der Waals surface area contributed by atoms with Crippen LogP contribution < -0.4 is 10.1 Å². The van der Waals surface area contributed by atoms with Gasteiger partial charge in [0.2, 0.25) is 0 Å². The molecule has 1 N–H and O–H groups in total. The van der Waals surface area contributed by atoms with Crippen molar-refractivity contribution in [1.82, 2.24) is 10.2 Å². The Morgan fingerprint density at radius 1 is 1.23 bits per heavy atom. The van der Waals surface area contributed by atoms with Crippen molar-refractivity contribution >= 4 is 17.5 Å². The molecule has 1 fully saturated rings. The number of hydrogen-bond acceptors (Lipinski definition) is 3. The largest absolute Gasteiger partial charge is 0.483 e. The summed E-state index contributed by atoms with van der Waals surface area (Å²) in [6, 6.07) is 12.0. The van der Waals surface area contributed by atoms with Crippen LogP contribution in [0.15, 0.2) is 42.5 Å². The minimum absolute atomic E-state index is 0.119. The summed E-state index contributed by atoms with van der Waals surface area (Å²) in [7, 11) is 0. The normalized spacial score (nSPS) is 23.1. The molecular formula is C20H20ClFN2O2. The first-order valence-corrected chi connectivity index (χ1v) is 9.16. The van der Waals surface area contributed by atoms with Gasteiger partial charge in [-0.1, -0.05) is 29.8 Å². The van der Waals surface area contributed by atoms with Crippen molar-refractivity contribution in [3.8, 4) is 5.75 Å². The van der Waals surface area contributed by atoms with Crippen LogP contribution in [0.3, 0.4) is 0 Å². The highest BCUT2D eigenvalue weighted by Crippen LogP contribution is 2.33. The molecule has 2 aliphatic rings. The summed E-state index contributed by atoms with van der Waals surface area (Å²) in [6.45, 7) is 2.30. The van der Waals surface area contributed by atoms with Crippen LogP contribution in [-0.4, -0.2) is 36.0 Å². The highest BCUT2D eigenvalue weighted by atomic mass is 35.5. The Morgan fingerprint density at radius 3 is 2.92 bits per heavy atom. The molecule has 0 unspecified atom stereocenters. The maximum Gasteiger partial charge on any atom is 0.255 e. The lowest BCUT2D eigenvalue weighted by atomic mass is 9.92. The number of piperidine rings is 1.